The summed E-state index contributed by atoms with van der Waals surface area (Å²) in [6.07, 6.45) is 9.64. The van der Waals surface area contributed by atoms with E-state index in [1.165, 1.54) is 43.3 Å². The SMILES string of the molecule is CC(=O)c1c(C)c2cnc(Nc3ccc(N4CCN(C(=O)/C=C/C(=O)c5ccc(F)cc5)CC4)cn3)nc2n(C2CCCC2)c1=O. The maximum absolute atomic E-state index is 13.5. The molecule has 6 rings (SSSR count). The van der Waals surface area contributed by atoms with Crippen molar-refractivity contribution in [3.8, 4) is 0 Å². The summed E-state index contributed by atoms with van der Waals surface area (Å²) in [6.45, 7) is 5.32. The van der Waals surface area contributed by atoms with Gasteiger partial charge in [0.05, 0.1) is 17.4 Å². The van der Waals surface area contributed by atoms with Gasteiger partial charge in [0.2, 0.25) is 11.9 Å². The topological polar surface area (TPSA) is 130 Å². The summed E-state index contributed by atoms with van der Waals surface area (Å²) >= 11 is 0. The van der Waals surface area contributed by atoms with Crippen LogP contribution in [0.1, 0.15) is 64.9 Å². The number of carbonyl (C=O) groups is 3. The molecule has 0 atom stereocenters. The van der Waals surface area contributed by atoms with Crippen molar-refractivity contribution in [1.82, 2.24) is 24.4 Å². The van der Waals surface area contributed by atoms with E-state index in [2.05, 4.69) is 20.2 Å². The maximum Gasteiger partial charge on any atom is 0.263 e. The third kappa shape index (κ3) is 6.28. The average Bonchev–Trinajstić information content (AvgIpc) is 3.59. The highest BCUT2D eigenvalue weighted by molar-refractivity contribution is 6.07. The van der Waals surface area contributed by atoms with Crippen LogP contribution < -0.4 is 15.8 Å². The minimum atomic E-state index is -0.428. The van der Waals surface area contributed by atoms with Crippen LogP contribution in [-0.4, -0.2) is 68.1 Å². The van der Waals surface area contributed by atoms with Crippen molar-refractivity contribution in [3.63, 3.8) is 0 Å². The van der Waals surface area contributed by atoms with Gasteiger partial charge in [-0.05, 0) is 74.7 Å². The molecule has 4 aromatic rings. The fraction of sp³-hybridized carbons (Fsp3) is 0.324. The van der Waals surface area contributed by atoms with E-state index in [1.807, 2.05) is 12.1 Å². The van der Waals surface area contributed by atoms with Gasteiger partial charge in [-0.15, -0.1) is 0 Å². The first-order valence-corrected chi connectivity index (χ1v) is 15.4. The number of rotatable bonds is 8. The van der Waals surface area contributed by atoms with Crippen LogP contribution in [0.5, 0.6) is 0 Å². The van der Waals surface area contributed by atoms with E-state index in [0.29, 0.717) is 60.1 Å². The number of anilines is 3. The number of halogens is 1. The standard InChI is InChI=1S/C34H34FN7O4/c1-21-27-20-37-34(39-32(27)42(25-5-3-4-6-25)33(46)31(21)22(2)43)38-29-13-11-26(19-36-29)40-15-17-41(18-16-40)30(45)14-12-28(44)23-7-9-24(35)10-8-23/h7-14,19-20,25H,3-6,15-18H2,1-2H3,(H,36,37,38,39)/b14-12+. The van der Waals surface area contributed by atoms with E-state index >= 15 is 0 Å². The van der Waals surface area contributed by atoms with Crippen LogP contribution in [0.3, 0.4) is 0 Å². The molecule has 0 spiro atoms. The molecule has 1 amide bonds. The van der Waals surface area contributed by atoms with Crippen molar-refractivity contribution >= 4 is 46.0 Å². The first-order valence-electron chi connectivity index (χ1n) is 15.4. The van der Waals surface area contributed by atoms with Gasteiger partial charge < -0.3 is 15.1 Å². The second kappa shape index (κ2) is 13.0. The number of hydrogen-bond donors (Lipinski definition) is 1. The lowest BCUT2D eigenvalue weighted by Gasteiger charge is -2.35. The van der Waals surface area contributed by atoms with Crippen LogP contribution in [-0.2, 0) is 4.79 Å². The summed E-state index contributed by atoms with van der Waals surface area (Å²) in [4.78, 5) is 68.3. The molecule has 2 aliphatic rings. The predicted molar refractivity (Wildman–Crippen MR) is 172 cm³/mol. The van der Waals surface area contributed by atoms with Crippen molar-refractivity contribution < 1.29 is 18.8 Å². The Bertz CT molecular complexity index is 1890. The zero-order valence-electron chi connectivity index (χ0n) is 25.7. The quantitative estimate of drug-likeness (QED) is 0.218. The predicted octanol–water partition coefficient (Wildman–Crippen LogP) is 4.78. The molecule has 3 aromatic heterocycles. The molecule has 11 nitrogen and oxygen atoms in total. The molecule has 0 bridgehead atoms. The Kier molecular flexibility index (Phi) is 8.69. The van der Waals surface area contributed by atoms with Gasteiger partial charge in [-0.3, -0.25) is 23.7 Å². The highest BCUT2D eigenvalue weighted by Gasteiger charge is 2.26. The zero-order chi connectivity index (χ0) is 32.4. The monoisotopic (exact) mass is 623 g/mol. The van der Waals surface area contributed by atoms with Gasteiger partial charge >= 0.3 is 0 Å². The Morgan fingerprint density at radius 2 is 1.65 bits per heavy atom. The largest absolute Gasteiger partial charge is 0.367 e. The van der Waals surface area contributed by atoms with Crippen LogP contribution in [0.15, 0.2) is 65.7 Å². The van der Waals surface area contributed by atoms with Crippen LogP contribution in [0.25, 0.3) is 11.0 Å². The molecule has 236 valence electrons. The fourth-order valence-corrected chi connectivity index (χ4v) is 6.22. The smallest absolute Gasteiger partial charge is 0.263 e. The third-order valence-corrected chi connectivity index (χ3v) is 8.70. The van der Waals surface area contributed by atoms with Gasteiger partial charge in [-0.25, -0.2) is 14.4 Å². The highest BCUT2D eigenvalue weighted by atomic mass is 19.1. The third-order valence-electron chi connectivity index (χ3n) is 8.70. The molecule has 1 aliphatic carbocycles. The summed E-state index contributed by atoms with van der Waals surface area (Å²) in [5.41, 5.74) is 2.20. The fourth-order valence-electron chi connectivity index (χ4n) is 6.22. The van der Waals surface area contributed by atoms with Gasteiger partial charge in [0.15, 0.2) is 11.6 Å². The van der Waals surface area contributed by atoms with Crippen molar-refractivity contribution in [1.29, 1.82) is 0 Å². The Morgan fingerprint density at radius 1 is 0.935 bits per heavy atom. The van der Waals surface area contributed by atoms with Crippen molar-refractivity contribution in [2.45, 2.75) is 45.6 Å². The number of pyridine rings is 2. The number of nitrogens with one attached hydrogen (secondary N) is 1. The summed E-state index contributed by atoms with van der Waals surface area (Å²) in [5.74, 6) is -0.480. The second-order valence-electron chi connectivity index (χ2n) is 11.6. The van der Waals surface area contributed by atoms with E-state index in [-0.39, 0.29) is 34.6 Å². The van der Waals surface area contributed by atoms with Crippen LogP contribution in [0.2, 0.25) is 0 Å². The number of fused-ring (bicyclic) bond motifs is 1. The highest BCUT2D eigenvalue weighted by Crippen LogP contribution is 2.32. The second-order valence-corrected chi connectivity index (χ2v) is 11.6. The first-order chi connectivity index (χ1) is 22.2. The lowest BCUT2D eigenvalue weighted by atomic mass is 10.0. The number of nitrogens with zero attached hydrogens (tertiary/aromatic N) is 6. The van der Waals surface area contributed by atoms with E-state index in [4.69, 9.17) is 4.98 Å². The van der Waals surface area contributed by atoms with Gasteiger partial charge in [0.1, 0.15) is 17.3 Å². The Hall–Kier alpha value is -5.26. The summed E-state index contributed by atoms with van der Waals surface area (Å²) in [5, 5.41) is 3.82. The van der Waals surface area contributed by atoms with Crippen LogP contribution in [0.4, 0.5) is 21.8 Å². The molecule has 46 heavy (non-hydrogen) atoms. The number of aromatic nitrogens is 4. The number of carbonyl (C=O) groups excluding carboxylic acids is 3. The Balaban J connectivity index is 1.11. The number of Topliss-reactive ketones (excluding diaryl/α,β-unsaturated/α-hetero) is 1. The Morgan fingerprint density at radius 3 is 2.30 bits per heavy atom. The summed E-state index contributed by atoms with van der Waals surface area (Å²) in [7, 11) is 0. The zero-order valence-corrected chi connectivity index (χ0v) is 25.7. The number of amides is 1. The molecular formula is C34H34FN7O4. The van der Waals surface area contributed by atoms with Gasteiger partial charge in [-0.2, -0.15) is 4.98 Å². The normalized spacial score (nSPS) is 15.5. The van der Waals surface area contributed by atoms with Gasteiger partial charge in [0.25, 0.3) is 5.56 Å². The van der Waals surface area contributed by atoms with E-state index in [1.54, 1.807) is 28.8 Å². The van der Waals surface area contributed by atoms with E-state index in [9.17, 15) is 23.6 Å². The molecule has 1 aliphatic heterocycles. The van der Waals surface area contributed by atoms with Crippen LogP contribution in [0, 0.1) is 12.7 Å². The minimum absolute atomic E-state index is 0.00967. The molecule has 1 N–H and O–H groups in total. The maximum atomic E-state index is 13.5. The van der Waals surface area contributed by atoms with Crippen molar-refractivity contribution in [3.05, 3.63) is 93.8 Å². The number of allylic oxidation sites excluding steroid dienone is 1. The van der Waals surface area contributed by atoms with Gasteiger partial charge in [0, 0.05) is 55.4 Å². The number of aryl methyl sites for hydroxylation is 1. The molecule has 0 unspecified atom stereocenters. The molecule has 1 saturated carbocycles. The van der Waals surface area contributed by atoms with Crippen LogP contribution >= 0.6 is 0 Å². The molecule has 1 saturated heterocycles. The molecule has 0 radical (unpaired) electrons. The number of hydrogen-bond acceptors (Lipinski definition) is 9. The van der Waals surface area contributed by atoms with Crippen molar-refractivity contribution in [2.75, 3.05) is 36.4 Å². The van der Waals surface area contributed by atoms with Gasteiger partial charge in [-0.1, -0.05) is 12.8 Å². The summed E-state index contributed by atoms with van der Waals surface area (Å²) in [6, 6.07) is 8.92. The lowest BCUT2D eigenvalue weighted by molar-refractivity contribution is -0.126. The number of piperazine rings is 1. The van der Waals surface area contributed by atoms with E-state index in [0.717, 1.165) is 31.4 Å². The molecular weight excluding hydrogens is 589 g/mol. The number of benzene rings is 1. The molecule has 4 heterocycles. The summed E-state index contributed by atoms with van der Waals surface area (Å²) < 4.78 is 14.8. The average molecular weight is 624 g/mol. The number of ketones is 2. The molecule has 2 fully saturated rings. The lowest BCUT2D eigenvalue weighted by Crippen LogP contribution is -2.48. The minimum Gasteiger partial charge on any atom is -0.367 e. The Labute approximate surface area is 264 Å². The first kappa shape index (κ1) is 30.8. The molecule has 12 heteroatoms. The molecule has 1 aromatic carbocycles. The van der Waals surface area contributed by atoms with E-state index < -0.39 is 5.82 Å². The van der Waals surface area contributed by atoms with Crippen molar-refractivity contribution in [2.24, 2.45) is 0 Å².